The van der Waals surface area contributed by atoms with E-state index in [0.29, 0.717) is 5.92 Å². The largest absolute Gasteiger partial charge is 0.496 e. The maximum absolute atomic E-state index is 6.12. The fourth-order valence-electron chi connectivity index (χ4n) is 4.90. The Labute approximate surface area is 171 Å². The monoisotopic (exact) mass is 392 g/mol. The molecule has 3 nitrogen and oxygen atoms in total. The van der Waals surface area contributed by atoms with Gasteiger partial charge in [-0.05, 0) is 48.6 Å². The van der Waals surface area contributed by atoms with Gasteiger partial charge in [0.15, 0.2) is 0 Å². The van der Waals surface area contributed by atoms with Crippen molar-refractivity contribution < 1.29 is 4.74 Å². The highest BCUT2D eigenvalue weighted by atomic mass is 35.5. The predicted octanol–water partition coefficient (Wildman–Crippen LogP) is 5.65. The second-order valence-corrected chi connectivity index (χ2v) is 8.34. The fourth-order valence-corrected chi connectivity index (χ4v) is 5.08. The molecule has 3 aromatic rings. The van der Waals surface area contributed by atoms with Crippen LogP contribution in [0.5, 0.6) is 5.75 Å². The van der Waals surface area contributed by atoms with E-state index in [-0.39, 0.29) is 0 Å². The number of fused-ring (bicyclic) bond motifs is 2. The predicted molar refractivity (Wildman–Crippen MR) is 116 cm³/mol. The molecular weight excluding hydrogens is 368 g/mol. The number of hydrogen-bond donors (Lipinski definition) is 1. The number of aromatic amines is 1. The summed E-state index contributed by atoms with van der Waals surface area (Å²) in [7, 11) is 1.79. The van der Waals surface area contributed by atoms with Gasteiger partial charge in [-0.2, -0.15) is 0 Å². The Kier molecular flexibility index (Phi) is 4.65. The molecule has 2 aromatic carbocycles. The summed E-state index contributed by atoms with van der Waals surface area (Å²) in [6, 6.07) is 12.6. The average Bonchev–Trinajstić information content (AvgIpc) is 3.32. The minimum atomic E-state index is 0.580. The van der Waals surface area contributed by atoms with E-state index in [9.17, 15) is 0 Å². The van der Waals surface area contributed by atoms with Gasteiger partial charge in [0.25, 0.3) is 0 Å². The molecule has 28 heavy (non-hydrogen) atoms. The summed E-state index contributed by atoms with van der Waals surface area (Å²) in [6.07, 6.45) is 8.01. The van der Waals surface area contributed by atoms with Gasteiger partial charge < -0.3 is 9.72 Å². The molecule has 0 fully saturated rings. The van der Waals surface area contributed by atoms with E-state index in [4.69, 9.17) is 16.3 Å². The Balaban J connectivity index is 1.32. The number of aromatic nitrogens is 1. The summed E-state index contributed by atoms with van der Waals surface area (Å²) >= 11 is 6.12. The van der Waals surface area contributed by atoms with Crippen molar-refractivity contribution in [2.24, 2.45) is 0 Å². The van der Waals surface area contributed by atoms with Gasteiger partial charge >= 0.3 is 0 Å². The summed E-state index contributed by atoms with van der Waals surface area (Å²) in [5.74, 6) is 1.64. The van der Waals surface area contributed by atoms with Crippen LogP contribution in [-0.2, 0) is 6.42 Å². The lowest BCUT2D eigenvalue weighted by atomic mass is 9.96. The van der Waals surface area contributed by atoms with E-state index in [1.54, 1.807) is 7.11 Å². The third kappa shape index (κ3) is 3.13. The van der Waals surface area contributed by atoms with Gasteiger partial charge in [0.05, 0.1) is 7.11 Å². The lowest BCUT2D eigenvalue weighted by Gasteiger charge is -2.29. The van der Waals surface area contributed by atoms with Crippen LogP contribution in [0, 0.1) is 0 Å². The van der Waals surface area contributed by atoms with Crippen LogP contribution in [0.4, 0.5) is 0 Å². The van der Waals surface area contributed by atoms with Crippen molar-refractivity contribution in [1.29, 1.82) is 0 Å². The number of hydrogen-bond acceptors (Lipinski definition) is 2. The van der Waals surface area contributed by atoms with Gasteiger partial charge in [0.2, 0.25) is 0 Å². The number of nitrogens with one attached hydrogen (secondary N) is 1. The van der Waals surface area contributed by atoms with Crippen LogP contribution in [0.3, 0.4) is 0 Å². The van der Waals surface area contributed by atoms with E-state index in [2.05, 4.69) is 46.4 Å². The molecule has 0 spiro atoms. The molecule has 1 aliphatic carbocycles. The van der Waals surface area contributed by atoms with E-state index >= 15 is 0 Å². The Hall–Kier alpha value is -2.23. The van der Waals surface area contributed by atoms with Crippen molar-refractivity contribution in [1.82, 2.24) is 9.88 Å². The molecule has 144 valence electrons. The van der Waals surface area contributed by atoms with E-state index in [0.717, 1.165) is 42.3 Å². The molecule has 1 atom stereocenters. The summed E-state index contributed by atoms with van der Waals surface area (Å²) in [4.78, 5) is 5.95. The molecule has 1 aliphatic heterocycles. The van der Waals surface area contributed by atoms with E-state index in [1.807, 2.05) is 12.1 Å². The first-order valence-electron chi connectivity index (χ1n) is 10.1. The summed E-state index contributed by atoms with van der Waals surface area (Å²) in [6.45, 7) is 3.23. The van der Waals surface area contributed by atoms with Crippen LogP contribution in [0.2, 0.25) is 5.02 Å². The molecule has 0 radical (unpaired) electrons. The van der Waals surface area contributed by atoms with Crippen LogP contribution < -0.4 is 4.74 Å². The Morgan fingerprint density at radius 1 is 1.21 bits per heavy atom. The molecule has 2 heterocycles. The maximum atomic E-state index is 6.12. The molecule has 4 heteroatoms. The highest BCUT2D eigenvalue weighted by Gasteiger charge is 2.28. The average molecular weight is 393 g/mol. The van der Waals surface area contributed by atoms with Crippen molar-refractivity contribution in [3.05, 3.63) is 70.4 Å². The number of nitrogens with zero attached hydrogens (tertiary/aromatic N) is 1. The first-order valence-corrected chi connectivity index (χ1v) is 10.4. The maximum Gasteiger partial charge on any atom is 0.122 e. The van der Waals surface area contributed by atoms with Crippen LogP contribution in [0.15, 0.2) is 48.7 Å². The van der Waals surface area contributed by atoms with Crippen LogP contribution >= 0.6 is 11.6 Å². The first-order chi connectivity index (χ1) is 13.7. The van der Waals surface area contributed by atoms with Crippen LogP contribution in [0.1, 0.15) is 35.4 Å². The topological polar surface area (TPSA) is 28.3 Å². The molecule has 0 saturated carbocycles. The number of methoxy groups -OCH3 is 1. The second kappa shape index (κ2) is 7.31. The van der Waals surface area contributed by atoms with Gasteiger partial charge in [0.1, 0.15) is 5.75 Å². The summed E-state index contributed by atoms with van der Waals surface area (Å²) in [5, 5.41) is 2.04. The second-order valence-electron chi connectivity index (χ2n) is 7.90. The van der Waals surface area contributed by atoms with E-state index < -0.39 is 0 Å². The molecule has 2 aliphatic rings. The van der Waals surface area contributed by atoms with E-state index in [1.165, 1.54) is 40.5 Å². The Morgan fingerprint density at radius 2 is 2.14 bits per heavy atom. The number of H-pyrrole nitrogens is 1. The van der Waals surface area contributed by atoms with Crippen LogP contribution in [-0.4, -0.2) is 36.6 Å². The zero-order valence-corrected chi connectivity index (χ0v) is 16.9. The number of halogens is 1. The summed E-state index contributed by atoms with van der Waals surface area (Å²) < 4.78 is 5.65. The number of aryl methyl sites for hydroxylation is 1. The normalized spacial score (nSPS) is 19.6. The van der Waals surface area contributed by atoms with Crippen molar-refractivity contribution in [2.75, 3.05) is 26.7 Å². The minimum Gasteiger partial charge on any atom is -0.496 e. The zero-order valence-electron chi connectivity index (χ0n) is 16.2. The zero-order chi connectivity index (χ0) is 19.1. The molecule has 0 bridgehead atoms. The van der Waals surface area contributed by atoms with Gasteiger partial charge in [-0.15, -0.1) is 0 Å². The number of benzene rings is 2. The summed E-state index contributed by atoms with van der Waals surface area (Å²) in [5.41, 5.74) is 6.78. The fraction of sp³-hybridized carbons (Fsp3) is 0.333. The van der Waals surface area contributed by atoms with Crippen molar-refractivity contribution in [3.63, 3.8) is 0 Å². The highest BCUT2D eigenvalue weighted by Crippen LogP contribution is 2.40. The smallest absolute Gasteiger partial charge is 0.122 e. The Bertz CT molecular complexity index is 1050. The lowest BCUT2D eigenvalue weighted by molar-refractivity contribution is 0.278. The molecule has 1 unspecified atom stereocenters. The molecule has 1 aromatic heterocycles. The third-order valence-electron chi connectivity index (χ3n) is 6.31. The number of ether oxygens (including phenoxy) is 1. The molecule has 0 saturated heterocycles. The molecule has 0 amide bonds. The minimum absolute atomic E-state index is 0.580. The first kappa shape index (κ1) is 17.8. The highest BCUT2D eigenvalue weighted by molar-refractivity contribution is 6.31. The van der Waals surface area contributed by atoms with Crippen molar-refractivity contribution in [2.45, 2.75) is 25.2 Å². The quantitative estimate of drug-likeness (QED) is 0.621. The Morgan fingerprint density at radius 3 is 2.96 bits per heavy atom. The number of rotatable bonds is 4. The standard InChI is InChI=1S/C24H25ClN2O/c1-28-23-4-2-3-17-5-6-18(24(17)23)15-27-11-9-16(10-12-27)21-14-26-22-13-19(25)7-8-20(21)22/h2-4,7-9,13-14,18,26H,5-6,10-12,15H2,1H3. The van der Waals surface area contributed by atoms with Gasteiger partial charge in [-0.3, -0.25) is 4.90 Å². The lowest BCUT2D eigenvalue weighted by Crippen LogP contribution is -2.32. The van der Waals surface area contributed by atoms with Crippen molar-refractivity contribution in [3.8, 4) is 5.75 Å². The molecule has 1 N–H and O–H groups in total. The van der Waals surface area contributed by atoms with Gasteiger partial charge in [-0.25, -0.2) is 0 Å². The van der Waals surface area contributed by atoms with Crippen LogP contribution in [0.25, 0.3) is 16.5 Å². The molecule has 5 rings (SSSR count). The molecular formula is C24H25ClN2O. The van der Waals surface area contributed by atoms with Gasteiger partial charge in [0, 0.05) is 58.8 Å². The van der Waals surface area contributed by atoms with Crippen molar-refractivity contribution >= 4 is 28.1 Å². The SMILES string of the molecule is COc1cccc2c1C(CN1CC=C(c3c[nH]c4cc(Cl)ccc34)CC1)CC2. The third-order valence-corrected chi connectivity index (χ3v) is 6.54. The van der Waals surface area contributed by atoms with Gasteiger partial charge in [-0.1, -0.05) is 35.9 Å².